The van der Waals surface area contributed by atoms with E-state index >= 15 is 0 Å². The molecule has 2 aromatic rings. The highest BCUT2D eigenvalue weighted by atomic mass is 19.1. The molecule has 0 amide bonds. The van der Waals surface area contributed by atoms with Gasteiger partial charge in [-0.3, -0.25) is 0 Å². The molecule has 0 unspecified atom stereocenters. The third-order valence-corrected chi connectivity index (χ3v) is 3.09. The van der Waals surface area contributed by atoms with E-state index in [9.17, 15) is 8.78 Å². The van der Waals surface area contributed by atoms with Gasteiger partial charge in [-0.25, -0.2) is 8.78 Å². The van der Waals surface area contributed by atoms with E-state index in [1.165, 1.54) is 24.3 Å². The van der Waals surface area contributed by atoms with Gasteiger partial charge in [0.15, 0.2) is 0 Å². The van der Waals surface area contributed by atoms with Crippen molar-refractivity contribution in [1.29, 1.82) is 0 Å². The number of rotatable bonds is 6. The standard InChI is InChI=1S/C16H18F2N2/c1-2-20(16-8-4-6-14(18)12-16)10-9-19-15-7-3-5-13(17)11-15/h3-8,11-12,19H,2,9-10H2,1H3. The molecular formula is C16H18F2N2. The lowest BCUT2D eigenvalue weighted by atomic mass is 10.2. The van der Waals surface area contributed by atoms with E-state index in [2.05, 4.69) is 10.2 Å². The normalized spacial score (nSPS) is 10.3. The number of hydrogen-bond donors (Lipinski definition) is 1. The van der Waals surface area contributed by atoms with Crippen molar-refractivity contribution in [3.05, 3.63) is 60.2 Å². The summed E-state index contributed by atoms with van der Waals surface area (Å²) in [6.45, 7) is 4.19. The quantitative estimate of drug-likeness (QED) is 0.860. The lowest BCUT2D eigenvalue weighted by Gasteiger charge is -2.23. The first-order valence-electron chi connectivity index (χ1n) is 6.69. The Hall–Kier alpha value is -2.10. The third kappa shape index (κ3) is 3.95. The topological polar surface area (TPSA) is 15.3 Å². The molecule has 0 aliphatic rings. The number of benzene rings is 2. The van der Waals surface area contributed by atoms with Gasteiger partial charge in [0.2, 0.25) is 0 Å². The van der Waals surface area contributed by atoms with Crippen molar-refractivity contribution in [3.63, 3.8) is 0 Å². The van der Waals surface area contributed by atoms with Crippen LogP contribution in [0.2, 0.25) is 0 Å². The van der Waals surface area contributed by atoms with Gasteiger partial charge in [0.1, 0.15) is 11.6 Å². The Kier molecular flexibility index (Phi) is 4.93. The Morgan fingerprint density at radius 1 is 1.00 bits per heavy atom. The molecule has 0 aliphatic carbocycles. The minimum atomic E-state index is -0.257. The molecule has 106 valence electrons. The van der Waals surface area contributed by atoms with Crippen LogP contribution in [0.4, 0.5) is 20.2 Å². The highest BCUT2D eigenvalue weighted by molar-refractivity contribution is 5.47. The van der Waals surface area contributed by atoms with Crippen LogP contribution in [0.25, 0.3) is 0 Å². The fraction of sp³-hybridized carbons (Fsp3) is 0.250. The maximum atomic E-state index is 13.2. The van der Waals surface area contributed by atoms with E-state index < -0.39 is 0 Å². The van der Waals surface area contributed by atoms with Crippen molar-refractivity contribution in [2.45, 2.75) is 6.92 Å². The average Bonchev–Trinajstić information content (AvgIpc) is 2.44. The summed E-state index contributed by atoms with van der Waals surface area (Å²) in [5.41, 5.74) is 1.61. The summed E-state index contributed by atoms with van der Waals surface area (Å²) in [7, 11) is 0. The number of hydrogen-bond acceptors (Lipinski definition) is 2. The summed E-state index contributed by atoms with van der Waals surface area (Å²) in [6.07, 6.45) is 0. The van der Waals surface area contributed by atoms with Crippen molar-refractivity contribution >= 4 is 11.4 Å². The third-order valence-electron chi connectivity index (χ3n) is 3.09. The maximum Gasteiger partial charge on any atom is 0.125 e. The zero-order chi connectivity index (χ0) is 14.4. The van der Waals surface area contributed by atoms with Crippen LogP contribution in [0, 0.1) is 11.6 Å². The Labute approximate surface area is 118 Å². The molecule has 0 aromatic heterocycles. The van der Waals surface area contributed by atoms with E-state index in [0.717, 1.165) is 24.5 Å². The van der Waals surface area contributed by atoms with Crippen LogP contribution in [0.1, 0.15) is 6.92 Å². The SMILES string of the molecule is CCN(CCNc1cccc(F)c1)c1cccc(F)c1. The predicted molar refractivity (Wildman–Crippen MR) is 79.2 cm³/mol. The Balaban J connectivity index is 1.91. The van der Waals surface area contributed by atoms with Gasteiger partial charge in [0.05, 0.1) is 0 Å². The molecule has 0 radical (unpaired) electrons. The fourth-order valence-electron chi connectivity index (χ4n) is 2.08. The minimum absolute atomic E-state index is 0.237. The molecule has 0 saturated heterocycles. The molecule has 20 heavy (non-hydrogen) atoms. The second-order valence-corrected chi connectivity index (χ2v) is 4.50. The molecular weight excluding hydrogens is 258 g/mol. The highest BCUT2D eigenvalue weighted by Gasteiger charge is 2.04. The van der Waals surface area contributed by atoms with Crippen LogP contribution in [0.3, 0.4) is 0 Å². The van der Waals surface area contributed by atoms with Crippen LogP contribution >= 0.6 is 0 Å². The second kappa shape index (κ2) is 6.89. The molecule has 0 fully saturated rings. The van der Waals surface area contributed by atoms with Gasteiger partial charge in [-0.05, 0) is 43.3 Å². The molecule has 0 saturated carbocycles. The lowest BCUT2D eigenvalue weighted by Crippen LogP contribution is -2.28. The summed E-state index contributed by atoms with van der Waals surface area (Å²) >= 11 is 0. The van der Waals surface area contributed by atoms with Gasteiger partial charge in [-0.15, -0.1) is 0 Å². The number of anilines is 2. The summed E-state index contributed by atoms with van der Waals surface area (Å²) in [6, 6.07) is 12.9. The number of nitrogens with one attached hydrogen (secondary N) is 1. The van der Waals surface area contributed by atoms with E-state index in [4.69, 9.17) is 0 Å². The smallest absolute Gasteiger partial charge is 0.125 e. The van der Waals surface area contributed by atoms with Gasteiger partial charge in [0.25, 0.3) is 0 Å². The minimum Gasteiger partial charge on any atom is -0.383 e. The summed E-state index contributed by atoms with van der Waals surface area (Å²) in [4.78, 5) is 2.06. The van der Waals surface area contributed by atoms with E-state index in [-0.39, 0.29) is 11.6 Å². The van der Waals surface area contributed by atoms with Gasteiger partial charge in [0, 0.05) is 31.0 Å². The van der Waals surface area contributed by atoms with Crippen LogP contribution in [0.5, 0.6) is 0 Å². The number of nitrogens with zero attached hydrogens (tertiary/aromatic N) is 1. The zero-order valence-corrected chi connectivity index (χ0v) is 11.4. The van der Waals surface area contributed by atoms with Crippen molar-refractivity contribution in [1.82, 2.24) is 0 Å². The van der Waals surface area contributed by atoms with Crippen molar-refractivity contribution in [3.8, 4) is 0 Å². The molecule has 2 rings (SSSR count). The largest absolute Gasteiger partial charge is 0.383 e. The number of likely N-dealkylation sites (N-methyl/N-ethyl adjacent to an activating group) is 1. The van der Waals surface area contributed by atoms with Crippen LogP contribution in [-0.4, -0.2) is 19.6 Å². The van der Waals surface area contributed by atoms with Crippen molar-refractivity contribution in [2.75, 3.05) is 29.9 Å². The van der Waals surface area contributed by atoms with Gasteiger partial charge >= 0.3 is 0 Å². The first-order chi connectivity index (χ1) is 9.69. The maximum absolute atomic E-state index is 13.2. The van der Waals surface area contributed by atoms with E-state index in [1.807, 2.05) is 19.1 Å². The first-order valence-corrected chi connectivity index (χ1v) is 6.69. The molecule has 2 nitrogen and oxygen atoms in total. The van der Waals surface area contributed by atoms with E-state index in [1.54, 1.807) is 12.1 Å². The summed E-state index contributed by atoms with van der Waals surface area (Å²) < 4.78 is 26.2. The van der Waals surface area contributed by atoms with Crippen LogP contribution in [0.15, 0.2) is 48.5 Å². The molecule has 1 N–H and O–H groups in total. The van der Waals surface area contributed by atoms with Crippen LogP contribution in [-0.2, 0) is 0 Å². The van der Waals surface area contributed by atoms with Gasteiger partial charge < -0.3 is 10.2 Å². The highest BCUT2D eigenvalue weighted by Crippen LogP contribution is 2.15. The predicted octanol–water partition coefficient (Wildman–Crippen LogP) is 3.90. The Morgan fingerprint density at radius 3 is 2.35 bits per heavy atom. The Bertz CT molecular complexity index is 558. The molecule has 0 spiro atoms. The summed E-state index contributed by atoms with van der Waals surface area (Å²) in [5, 5.41) is 3.16. The van der Waals surface area contributed by atoms with E-state index in [0.29, 0.717) is 6.54 Å². The fourth-order valence-corrected chi connectivity index (χ4v) is 2.08. The summed E-state index contributed by atoms with van der Waals surface area (Å²) in [5.74, 6) is -0.494. The second-order valence-electron chi connectivity index (χ2n) is 4.50. The molecule has 0 aliphatic heterocycles. The average molecular weight is 276 g/mol. The van der Waals surface area contributed by atoms with Crippen molar-refractivity contribution < 1.29 is 8.78 Å². The van der Waals surface area contributed by atoms with Gasteiger partial charge in [-0.2, -0.15) is 0 Å². The molecule has 4 heteroatoms. The zero-order valence-electron chi connectivity index (χ0n) is 11.4. The monoisotopic (exact) mass is 276 g/mol. The number of halogens is 2. The van der Waals surface area contributed by atoms with Gasteiger partial charge in [-0.1, -0.05) is 12.1 Å². The molecule has 2 aromatic carbocycles. The van der Waals surface area contributed by atoms with Crippen molar-refractivity contribution in [2.24, 2.45) is 0 Å². The van der Waals surface area contributed by atoms with Crippen LogP contribution < -0.4 is 10.2 Å². The lowest BCUT2D eigenvalue weighted by molar-refractivity contribution is 0.626. The Morgan fingerprint density at radius 2 is 1.70 bits per heavy atom. The molecule has 0 heterocycles. The molecule has 0 atom stereocenters. The first kappa shape index (κ1) is 14.3. The molecule has 0 bridgehead atoms.